The maximum absolute atomic E-state index is 9.43. The van der Waals surface area contributed by atoms with Gasteiger partial charge in [-0.2, -0.15) is 0 Å². The number of carbonyl (C=O) groups excluding carboxylic acids is 1. The van der Waals surface area contributed by atoms with E-state index < -0.39 is 7.92 Å². The van der Waals surface area contributed by atoms with Gasteiger partial charge in [-0.05, 0) is 23.8 Å². The second kappa shape index (κ2) is 9.64. The summed E-state index contributed by atoms with van der Waals surface area (Å²) in [6.07, 6.45) is 0.750. The Kier molecular flexibility index (Phi) is 7.20. The maximum Gasteiger partial charge on any atom is 0.209 e. The van der Waals surface area contributed by atoms with Gasteiger partial charge in [0.2, 0.25) is 6.41 Å². The highest BCUT2D eigenvalue weighted by Crippen LogP contribution is 2.32. The molecule has 0 spiro atoms. The molecule has 3 aromatic rings. The molecule has 0 aliphatic carbocycles. The molecule has 0 atom stereocenters. The molecule has 24 heavy (non-hydrogen) atoms. The third kappa shape index (κ3) is 5.33. The number of rotatable bonds is 4. The number of hydrogen-bond acceptors (Lipinski definition) is 1. The molecule has 0 radical (unpaired) electrons. The summed E-state index contributed by atoms with van der Waals surface area (Å²) in [6.45, 7) is 0. The first-order valence-electron chi connectivity index (χ1n) is 7.79. The zero-order chi connectivity index (χ0) is 17.2. The fraction of sp³-hybridized carbons (Fsp3) is 0.0952. The van der Waals surface area contributed by atoms with Crippen molar-refractivity contribution in [2.45, 2.75) is 0 Å². The number of nitrogens with zero attached hydrogens (tertiary/aromatic N) is 1. The van der Waals surface area contributed by atoms with Crippen LogP contribution in [0.1, 0.15) is 0 Å². The lowest BCUT2D eigenvalue weighted by Gasteiger charge is -2.18. The monoisotopic (exact) mass is 335 g/mol. The Balaban J connectivity index is 0.000000368. The van der Waals surface area contributed by atoms with Gasteiger partial charge in [-0.3, -0.25) is 4.79 Å². The van der Waals surface area contributed by atoms with Crippen LogP contribution in [0.2, 0.25) is 0 Å². The second-order valence-electron chi connectivity index (χ2n) is 5.41. The van der Waals surface area contributed by atoms with E-state index in [-0.39, 0.29) is 0 Å². The van der Waals surface area contributed by atoms with Gasteiger partial charge in [0.1, 0.15) is 0 Å². The maximum atomic E-state index is 9.43. The van der Waals surface area contributed by atoms with Crippen LogP contribution in [0.5, 0.6) is 0 Å². The summed E-state index contributed by atoms with van der Waals surface area (Å²) in [6, 6.07) is 32.3. The van der Waals surface area contributed by atoms with Crippen LogP contribution >= 0.6 is 7.92 Å². The summed E-state index contributed by atoms with van der Waals surface area (Å²) >= 11 is 0. The van der Waals surface area contributed by atoms with Gasteiger partial charge in [-0.15, -0.1) is 0 Å². The van der Waals surface area contributed by atoms with E-state index in [0.29, 0.717) is 0 Å². The predicted octanol–water partition coefficient (Wildman–Crippen LogP) is 3.15. The highest BCUT2D eigenvalue weighted by Gasteiger charge is 2.14. The Labute approximate surface area is 145 Å². The largest absolute Gasteiger partial charge is 0.351 e. The number of benzene rings is 3. The first kappa shape index (κ1) is 17.9. The van der Waals surface area contributed by atoms with Crippen molar-refractivity contribution in [1.82, 2.24) is 4.90 Å². The van der Waals surface area contributed by atoms with Crippen molar-refractivity contribution in [2.24, 2.45) is 0 Å². The van der Waals surface area contributed by atoms with Crippen molar-refractivity contribution in [3.8, 4) is 0 Å². The minimum Gasteiger partial charge on any atom is -0.351 e. The molecule has 0 N–H and O–H groups in total. The summed E-state index contributed by atoms with van der Waals surface area (Å²) in [4.78, 5) is 10.9. The lowest BCUT2D eigenvalue weighted by Crippen LogP contribution is -2.20. The van der Waals surface area contributed by atoms with Crippen LogP contribution in [0.25, 0.3) is 0 Å². The van der Waals surface area contributed by atoms with Crippen molar-refractivity contribution in [2.75, 3.05) is 14.1 Å². The van der Waals surface area contributed by atoms with Crippen molar-refractivity contribution >= 4 is 30.2 Å². The van der Waals surface area contributed by atoms with E-state index in [9.17, 15) is 4.79 Å². The molecule has 0 aromatic heterocycles. The second-order valence-corrected chi connectivity index (χ2v) is 7.63. The average molecular weight is 335 g/mol. The molecule has 0 aliphatic rings. The van der Waals surface area contributed by atoms with Crippen molar-refractivity contribution < 1.29 is 4.79 Å². The highest BCUT2D eigenvalue weighted by molar-refractivity contribution is 7.79. The molecule has 3 heteroatoms. The van der Waals surface area contributed by atoms with Gasteiger partial charge >= 0.3 is 0 Å². The topological polar surface area (TPSA) is 20.3 Å². The van der Waals surface area contributed by atoms with E-state index in [0.717, 1.165) is 6.41 Å². The van der Waals surface area contributed by atoms with Gasteiger partial charge in [0.05, 0.1) is 0 Å². The number of carbonyl (C=O) groups is 1. The fourth-order valence-electron chi connectivity index (χ4n) is 2.18. The Morgan fingerprint density at radius 1 is 0.625 bits per heavy atom. The minimum atomic E-state index is -0.446. The zero-order valence-corrected chi connectivity index (χ0v) is 14.9. The molecule has 0 heterocycles. The Hall–Kier alpha value is -2.44. The Bertz CT molecular complexity index is 621. The first-order chi connectivity index (χ1) is 11.7. The smallest absolute Gasteiger partial charge is 0.209 e. The molecule has 2 nitrogen and oxygen atoms in total. The molecule has 0 aliphatic heterocycles. The van der Waals surface area contributed by atoms with Crippen LogP contribution in [0, 0.1) is 0 Å². The normalized spacial score (nSPS) is 9.79. The van der Waals surface area contributed by atoms with E-state index in [1.807, 2.05) is 0 Å². The Morgan fingerprint density at radius 3 is 1.08 bits per heavy atom. The van der Waals surface area contributed by atoms with Gasteiger partial charge in [0.15, 0.2) is 0 Å². The molecule has 0 saturated heterocycles. The van der Waals surface area contributed by atoms with Crippen molar-refractivity contribution in [3.63, 3.8) is 0 Å². The summed E-state index contributed by atoms with van der Waals surface area (Å²) in [7, 11) is 2.93. The summed E-state index contributed by atoms with van der Waals surface area (Å²) < 4.78 is 0. The molecule has 3 aromatic carbocycles. The van der Waals surface area contributed by atoms with E-state index in [2.05, 4.69) is 91.0 Å². The minimum absolute atomic E-state index is 0.446. The third-order valence-corrected chi connectivity index (χ3v) is 5.70. The van der Waals surface area contributed by atoms with Crippen LogP contribution in [0.3, 0.4) is 0 Å². The van der Waals surface area contributed by atoms with E-state index in [4.69, 9.17) is 0 Å². The lowest BCUT2D eigenvalue weighted by atomic mass is 10.4. The summed E-state index contributed by atoms with van der Waals surface area (Å²) in [5.41, 5.74) is 0. The summed E-state index contributed by atoms with van der Waals surface area (Å²) in [5, 5.41) is 4.19. The number of amides is 1. The molecule has 0 saturated carbocycles. The van der Waals surface area contributed by atoms with Gasteiger partial charge in [-0.1, -0.05) is 91.0 Å². The molecule has 0 bridgehead atoms. The van der Waals surface area contributed by atoms with Gasteiger partial charge < -0.3 is 4.90 Å². The third-order valence-electron chi connectivity index (χ3n) is 3.25. The molecule has 0 fully saturated rings. The summed E-state index contributed by atoms with van der Waals surface area (Å²) in [5.74, 6) is 0. The average Bonchev–Trinajstić information content (AvgIpc) is 2.65. The molecule has 1 amide bonds. The molecule has 3 rings (SSSR count). The fourth-order valence-corrected chi connectivity index (χ4v) is 4.48. The quantitative estimate of drug-likeness (QED) is 0.530. The predicted molar refractivity (Wildman–Crippen MR) is 105 cm³/mol. The SMILES string of the molecule is CN(C)C=O.c1ccc(P(c2ccccc2)c2ccccc2)cc1. The molecule has 122 valence electrons. The van der Waals surface area contributed by atoms with Crippen LogP contribution in [-0.2, 0) is 4.79 Å². The van der Waals surface area contributed by atoms with Crippen LogP contribution in [0.15, 0.2) is 91.0 Å². The Morgan fingerprint density at radius 2 is 0.875 bits per heavy atom. The van der Waals surface area contributed by atoms with Crippen molar-refractivity contribution in [3.05, 3.63) is 91.0 Å². The molecular formula is C21H22NOP. The highest BCUT2D eigenvalue weighted by atomic mass is 31.1. The molecule has 0 unspecified atom stereocenters. The standard InChI is InChI=1S/C18H15P.C3H7NO/c1-4-10-16(11-5-1)19(17-12-6-2-7-13-17)18-14-8-3-9-15-18;1-4(2)3-5/h1-15H;3H,1-2H3. The van der Waals surface area contributed by atoms with Crippen LogP contribution in [0.4, 0.5) is 0 Å². The first-order valence-corrected chi connectivity index (χ1v) is 9.13. The number of hydrogen-bond donors (Lipinski definition) is 0. The van der Waals surface area contributed by atoms with Gasteiger partial charge in [0, 0.05) is 14.1 Å². The van der Waals surface area contributed by atoms with E-state index in [1.165, 1.54) is 20.8 Å². The van der Waals surface area contributed by atoms with E-state index >= 15 is 0 Å². The van der Waals surface area contributed by atoms with Crippen LogP contribution in [-0.4, -0.2) is 25.4 Å². The van der Waals surface area contributed by atoms with Crippen LogP contribution < -0.4 is 15.9 Å². The zero-order valence-electron chi connectivity index (χ0n) is 14.0. The van der Waals surface area contributed by atoms with Gasteiger partial charge in [0.25, 0.3) is 0 Å². The van der Waals surface area contributed by atoms with E-state index in [1.54, 1.807) is 14.1 Å². The lowest BCUT2D eigenvalue weighted by molar-refractivity contribution is -0.115. The molecular weight excluding hydrogens is 313 g/mol. The van der Waals surface area contributed by atoms with Gasteiger partial charge in [-0.25, -0.2) is 0 Å². The van der Waals surface area contributed by atoms with Crippen molar-refractivity contribution in [1.29, 1.82) is 0 Å².